The smallest absolute Gasteiger partial charge is 0.268 e. The van der Waals surface area contributed by atoms with E-state index in [1.165, 1.54) is 6.08 Å². The van der Waals surface area contributed by atoms with Gasteiger partial charge in [0.2, 0.25) is 5.89 Å². The van der Waals surface area contributed by atoms with Gasteiger partial charge in [0.25, 0.3) is 5.91 Å². The van der Waals surface area contributed by atoms with Crippen molar-refractivity contribution < 1.29 is 9.21 Å². The number of carbonyl (C=O) groups is 1. The maximum absolute atomic E-state index is 11.9. The lowest BCUT2D eigenvalue weighted by Crippen LogP contribution is -2.38. The Kier molecular flexibility index (Phi) is 3.18. The molecule has 2 aromatic rings. The van der Waals surface area contributed by atoms with Gasteiger partial charge >= 0.3 is 0 Å². The predicted octanol–water partition coefficient (Wildman–Crippen LogP) is 2.06. The summed E-state index contributed by atoms with van der Waals surface area (Å²) < 4.78 is 6.37. The van der Waals surface area contributed by atoms with Crippen LogP contribution >= 0.6 is 15.9 Å². The third kappa shape index (κ3) is 2.76. The standard InChI is InChI=1S/C14H11BrN4O2/c15-8-1-2-10-11(5-8)21-12(18-10)6-9(17)13(20)19-14(7-16)3-4-14/h1-2,5-6H,3-4,17H2,(H,19,20). The molecule has 0 bridgehead atoms. The number of benzene rings is 1. The second-order valence-electron chi connectivity index (χ2n) is 4.91. The van der Waals surface area contributed by atoms with Crippen molar-refractivity contribution in [1.82, 2.24) is 10.3 Å². The van der Waals surface area contributed by atoms with Crippen LogP contribution in [0.25, 0.3) is 17.2 Å². The Morgan fingerprint density at radius 3 is 3.00 bits per heavy atom. The van der Waals surface area contributed by atoms with Gasteiger partial charge < -0.3 is 15.5 Å². The van der Waals surface area contributed by atoms with Crippen LogP contribution in [-0.2, 0) is 4.79 Å². The van der Waals surface area contributed by atoms with E-state index in [1.54, 1.807) is 12.1 Å². The topological polar surface area (TPSA) is 105 Å². The molecular weight excluding hydrogens is 336 g/mol. The van der Waals surface area contributed by atoms with Crippen molar-refractivity contribution in [2.75, 3.05) is 0 Å². The molecule has 0 aliphatic heterocycles. The molecule has 3 rings (SSSR count). The van der Waals surface area contributed by atoms with Crippen molar-refractivity contribution in [2.24, 2.45) is 5.73 Å². The average molecular weight is 347 g/mol. The summed E-state index contributed by atoms with van der Waals surface area (Å²) in [7, 11) is 0. The van der Waals surface area contributed by atoms with Gasteiger partial charge in [0.05, 0.1) is 6.07 Å². The first-order valence-electron chi connectivity index (χ1n) is 6.28. The van der Waals surface area contributed by atoms with Gasteiger partial charge in [0.1, 0.15) is 16.8 Å². The highest BCUT2D eigenvalue weighted by molar-refractivity contribution is 9.10. The molecule has 1 aliphatic carbocycles. The number of halogens is 1. The van der Waals surface area contributed by atoms with Crippen LogP contribution in [0.15, 0.2) is 32.8 Å². The number of aromatic nitrogens is 1. The molecule has 1 aromatic carbocycles. The van der Waals surface area contributed by atoms with Crippen LogP contribution in [0.5, 0.6) is 0 Å². The monoisotopic (exact) mass is 346 g/mol. The minimum Gasteiger partial charge on any atom is -0.437 e. The van der Waals surface area contributed by atoms with Crippen molar-refractivity contribution in [3.05, 3.63) is 34.3 Å². The highest BCUT2D eigenvalue weighted by atomic mass is 79.9. The van der Waals surface area contributed by atoms with Crippen LogP contribution in [-0.4, -0.2) is 16.4 Å². The first kappa shape index (κ1) is 13.6. The van der Waals surface area contributed by atoms with Gasteiger partial charge in [-0.3, -0.25) is 4.79 Å². The highest BCUT2D eigenvalue weighted by Crippen LogP contribution is 2.34. The minimum absolute atomic E-state index is 0.0397. The summed E-state index contributed by atoms with van der Waals surface area (Å²) in [6.07, 6.45) is 2.66. The average Bonchev–Trinajstić information content (AvgIpc) is 3.11. The van der Waals surface area contributed by atoms with E-state index in [-0.39, 0.29) is 11.6 Å². The first-order valence-corrected chi connectivity index (χ1v) is 7.08. The van der Waals surface area contributed by atoms with Gasteiger partial charge in [0, 0.05) is 10.5 Å². The summed E-state index contributed by atoms with van der Waals surface area (Å²) in [6, 6.07) is 7.50. The van der Waals surface area contributed by atoms with Gasteiger partial charge in [0.15, 0.2) is 5.58 Å². The van der Waals surface area contributed by atoms with Gasteiger partial charge in [-0.15, -0.1) is 0 Å². The maximum Gasteiger partial charge on any atom is 0.268 e. The molecule has 1 saturated carbocycles. The van der Waals surface area contributed by atoms with Crippen molar-refractivity contribution in [2.45, 2.75) is 18.4 Å². The van der Waals surface area contributed by atoms with Gasteiger partial charge in [-0.05, 0) is 31.0 Å². The van der Waals surface area contributed by atoms with E-state index >= 15 is 0 Å². The number of nitrogens with one attached hydrogen (secondary N) is 1. The largest absolute Gasteiger partial charge is 0.437 e. The Morgan fingerprint density at radius 1 is 1.57 bits per heavy atom. The zero-order chi connectivity index (χ0) is 15.0. The normalized spacial score (nSPS) is 16.5. The van der Waals surface area contributed by atoms with E-state index in [0.29, 0.717) is 23.9 Å². The summed E-state index contributed by atoms with van der Waals surface area (Å²) in [6.45, 7) is 0. The first-order chi connectivity index (χ1) is 10.0. The van der Waals surface area contributed by atoms with E-state index in [1.807, 2.05) is 6.07 Å². The summed E-state index contributed by atoms with van der Waals surface area (Å²) in [5.74, 6) is -0.241. The zero-order valence-corrected chi connectivity index (χ0v) is 12.5. The van der Waals surface area contributed by atoms with Gasteiger partial charge in [-0.25, -0.2) is 4.98 Å². The fourth-order valence-corrected chi connectivity index (χ4v) is 2.20. The summed E-state index contributed by atoms with van der Waals surface area (Å²) in [5.41, 5.74) is 6.20. The van der Waals surface area contributed by atoms with Crippen molar-refractivity contribution in [1.29, 1.82) is 5.26 Å². The Balaban J connectivity index is 1.82. The Bertz CT molecular complexity index is 799. The molecule has 1 fully saturated rings. The number of carbonyl (C=O) groups excluding carboxylic acids is 1. The Hall–Kier alpha value is -2.33. The van der Waals surface area contributed by atoms with Gasteiger partial charge in [-0.2, -0.15) is 5.26 Å². The van der Waals surface area contributed by atoms with Crippen molar-refractivity contribution in [3.8, 4) is 6.07 Å². The summed E-state index contributed by atoms with van der Waals surface area (Å²) in [5, 5.41) is 11.5. The Morgan fingerprint density at radius 2 is 2.33 bits per heavy atom. The molecule has 1 aromatic heterocycles. The molecule has 6 nitrogen and oxygen atoms in total. The number of nitrogens with zero attached hydrogens (tertiary/aromatic N) is 2. The molecule has 3 N–H and O–H groups in total. The molecule has 1 aliphatic rings. The highest BCUT2D eigenvalue weighted by Gasteiger charge is 2.44. The lowest BCUT2D eigenvalue weighted by molar-refractivity contribution is -0.118. The van der Waals surface area contributed by atoms with E-state index < -0.39 is 11.4 Å². The molecule has 0 radical (unpaired) electrons. The molecule has 0 unspecified atom stereocenters. The second kappa shape index (κ2) is 4.90. The zero-order valence-electron chi connectivity index (χ0n) is 10.9. The number of oxazole rings is 1. The number of hydrogen-bond acceptors (Lipinski definition) is 5. The molecular formula is C14H11BrN4O2. The fourth-order valence-electron chi connectivity index (χ4n) is 1.86. The quantitative estimate of drug-likeness (QED) is 0.827. The number of nitriles is 1. The van der Waals surface area contributed by atoms with Crippen LogP contribution in [0.3, 0.4) is 0 Å². The number of nitrogens with two attached hydrogens (primary N) is 1. The molecule has 7 heteroatoms. The third-order valence-corrected chi connectivity index (χ3v) is 3.72. The lowest BCUT2D eigenvalue weighted by Gasteiger charge is -2.08. The molecule has 1 heterocycles. The number of fused-ring (bicyclic) bond motifs is 1. The molecule has 106 valence electrons. The SMILES string of the molecule is N#CC1(NC(=O)C(N)=Cc2nc3ccc(Br)cc3o2)CC1. The van der Waals surface area contributed by atoms with Crippen molar-refractivity contribution >= 4 is 39.0 Å². The van der Waals surface area contributed by atoms with Crippen LogP contribution in [0, 0.1) is 11.3 Å². The van der Waals surface area contributed by atoms with Crippen LogP contribution in [0.4, 0.5) is 0 Å². The van der Waals surface area contributed by atoms with E-state index in [4.69, 9.17) is 15.4 Å². The third-order valence-electron chi connectivity index (χ3n) is 3.23. The molecule has 0 spiro atoms. The van der Waals surface area contributed by atoms with Gasteiger partial charge in [-0.1, -0.05) is 15.9 Å². The van der Waals surface area contributed by atoms with Crippen LogP contribution in [0.1, 0.15) is 18.7 Å². The summed E-state index contributed by atoms with van der Waals surface area (Å²) >= 11 is 3.34. The number of amides is 1. The molecule has 0 saturated heterocycles. The lowest BCUT2D eigenvalue weighted by atomic mass is 10.3. The summed E-state index contributed by atoms with van der Waals surface area (Å²) in [4.78, 5) is 16.1. The van der Waals surface area contributed by atoms with E-state index in [0.717, 1.165) is 4.47 Å². The van der Waals surface area contributed by atoms with Crippen LogP contribution < -0.4 is 11.1 Å². The molecule has 0 atom stereocenters. The second-order valence-corrected chi connectivity index (χ2v) is 5.83. The predicted molar refractivity (Wildman–Crippen MR) is 79.6 cm³/mol. The van der Waals surface area contributed by atoms with Crippen LogP contribution in [0.2, 0.25) is 0 Å². The molecule has 1 amide bonds. The molecule has 21 heavy (non-hydrogen) atoms. The van der Waals surface area contributed by atoms with Crippen molar-refractivity contribution in [3.63, 3.8) is 0 Å². The maximum atomic E-state index is 11.9. The number of rotatable bonds is 3. The van der Waals surface area contributed by atoms with E-state index in [9.17, 15) is 4.79 Å². The fraction of sp³-hybridized carbons (Fsp3) is 0.214. The Labute approximate surface area is 128 Å². The van der Waals surface area contributed by atoms with E-state index in [2.05, 4.69) is 32.3 Å². The number of hydrogen-bond donors (Lipinski definition) is 2. The minimum atomic E-state index is -0.748.